The number of fused-ring (bicyclic) bond motifs is 1. The predicted octanol–water partition coefficient (Wildman–Crippen LogP) is 2.54. The molecule has 0 aromatic carbocycles. The van der Waals surface area contributed by atoms with Crippen LogP contribution < -0.4 is 5.32 Å². The third-order valence-electron chi connectivity index (χ3n) is 7.38. The molecule has 2 saturated heterocycles. The summed E-state index contributed by atoms with van der Waals surface area (Å²) in [6.07, 6.45) is 8.35. The third-order valence-corrected chi connectivity index (χ3v) is 8.35. The predicted molar refractivity (Wildman–Crippen MR) is 126 cm³/mol. The molecule has 1 saturated carbocycles. The minimum atomic E-state index is -0.592. The number of nitrogens with zero attached hydrogens (tertiary/aromatic N) is 4. The van der Waals surface area contributed by atoms with Crippen LogP contribution in [-0.4, -0.2) is 76.4 Å². The maximum Gasteiger partial charge on any atom is 0.282 e. The highest BCUT2D eigenvalue weighted by Gasteiger charge is 2.52. The van der Waals surface area contributed by atoms with Gasteiger partial charge in [-0.15, -0.1) is 10.2 Å². The van der Waals surface area contributed by atoms with Gasteiger partial charge in [-0.1, -0.05) is 37.5 Å². The van der Waals surface area contributed by atoms with Crippen molar-refractivity contribution in [1.82, 2.24) is 25.4 Å². The van der Waals surface area contributed by atoms with E-state index in [2.05, 4.69) is 27.4 Å². The number of hydrogen-bond donors (Lipinski definition) is 1. The van der Waals surface area contributed by atoms with E-state index in [1.807, 2.05) is 17.0 Å². The van der Waals surface area contributed by atoms with Crippen LogP contribution in [0.3, 0.4) is 0 Å². The number of ether oxygens (including phenoxy) is 2. The number of hydrogen-bond acceptors (Lipinski definition) is 8. The van der Waals surface area contributed by atoms with Crippen molar-refractivity contribution in [3.8, 4) is 10.6 Å². The molecule has 0 bridgehead atoms. The lowest BCUT2D eigenvalue weighted by molar-refractivity contribution is -0.138. The van der Waals surface area contributed by atoms with Crippen LogP contribution in [0.25, 0.3) is 10.6 Å². The first-order valence-electron chi connectivity index (χ1n) is 12.1. The van der Waals surface area contributed by atoms with Crippen LogP contribution in [0.4, 0.5) is 0 Å². The molecule has 5 atom stereocenters. The van der Waals surface area contributed by atoms with Gasteiger partial charge in [-0.25, -0.2) is 0 Å². The maximum absolute atomic E-state index is 13.9. The summed E-state index contributed by atoms with van der Waals surface area (Å²) < 4.78 is 11.6. The van der Waals surface area contributed by atoms with E-state index < -0.39 is 6.04 Å². The standard InChI is InChI=1S/C24H31N5O4S/c1-14-12-29(19-17(32-2)13-33-20(14)19)24(31)18(15-6-4-3-5-7-15)26-21(30)23-28-27-22(34-23)16-8-10-25-11-9-16/h8-11,14-15,17-20H,3-7,12-13H2,1-2H3,(H,26,30). The van der Waals surface area contributed by atoms with Crippen molar-refractivity contribution >= 4 is 23.2 Å². The second kappa shape index (κ2) is 10.1. The molecule has 0 spiro atoms. The Bertz CT molecular complexity index is 1010. The molecule has 2 aromatic heterocycles. The van der Waals surface area contributed by atoms with Crippen molar-refractivity contribution in [1.29, 1.82) is 0 Å². The Hall–Kier alpha value is -2.43. The minimum Gasteiger partial charge on any atom is -0.377 e. The molecule has 5 rings (SSSR count). The normalized spacial score (nSPS) is 28.0. The van der Waals surface area contributed by atoms with Gasteiger partial charge in [0.05, 0.1) is 18.8 Å². The van der Waals surface area contributed by atoms with Gasteiger partial charge in [-0.3, -0.25) is 14.6 Å². The Morgan fingerprint density at radius 1 is 1.21 bits per heavy atom. The van der Waals surface area contributed by atoms with Crippen LogP contribution >= 0.6 is 11.3 Å². The van der Waals surface area contributed by atoms with Crippen molar-refractivity contribution in [2.45, 2.75) is 63.3 Å². The zero-order valence-corrected chi connectivity index (χ0v) is 20.4. The van der Waals surface area contributed by atoms with Crippen LogP contribution in [0.15, 0.2) is 24.5 Å². The number of carbonyl (C=O) groups is 2. The van der Waals surface area contributed by atoms with E-state index in [4.69, 9.17) is 9.47 Å². The van der Waals surface area contributed by atoms with E-state index in [0.717, 1.165) is 31.2 Å². The maximum atomic E-state index is 13.9. The van der Waals surface area contributed by atoms with Gasteiger partial charge >= 0.3 is 0 Å². The molecule has 2 aliphatic heterocycles. The second-order valence-corrected chi connectivity index (χ2v) is 10.5. The van der Waals surface area contributed by atoms with Gasteiger partial charge in [0.25, 0.3) is 5.91 Å². The first-order valence-corrected chi connectivity index (χ1v) is 12.9. The fourth-order valence-electron chi connectivity index (χ4n) is 5.63. The van der Waals surface area contributed by atoms with E-state index in [1.54, 1.807) is 19.5 Å². The molecule has 5 unspecified atom stereocenters. The number of methoxy groups -OCH3 is 1. The zero-order valence-electron chi connectivity index (χ0n) is 19.6. The van der Waals surface area contributed by atoms with Gasteiger partial charge in [0, 0.05) is 37.5 Å². The lowest BCUT2D eigenvalue weighted by Crippen LogP contribution is -2.56. The summed E-state index contributed by atoms with van der Waals surface area (Å²) >= 11 is 1.22. The second-order valence-electron chi connectivity index (χ2n) is 9.53. The average Bonchev–Trinajstić information content (AvgIpc) is 3.60. The molecular formula is C24H31N5O4S. The number of likely N-dealkylation sites (tertiary alicyclic amines) is 1. The Balaban J connectivity index is 1.37. The molecule has 10 heteroatoms. The van der Waals surface area contributed by atoms with Crippen molar-refractivity contribution < 1.29 is 19.1 Å². The molecule has 9 nitrogen and oxygen atoms in total. The molecule has 3 aliphatic rings. The summed E-state index contributed by atoms with van der Waals surface area (Å²) in [7, 11) is 1.66. The first kappa shape index (κ1) is 23.3. The topological polar surface area (TPSA) is 107 Å². The monoisotopic (exact) mass is 485 g/mol. The summed E-state index contributed by atoms with van der Waals surface area (Å²) in [4.78, 5) is 33.1. The summed E-state index contributed by atoms with van der Waals surface area (Å²) in [5, 5.41) is 12.2. The van der Waals surface area contributed by atoms with Crippen LogP contribution in [-0.2, 0) is 14.3 Å². The molecule has 3 fully saturated rings. The first-order chi connectivity index (χ1) is 16.6. The molecule has 1 N–H and O–H groups in total. The van der Waals surface area contributed by atoms with Gasteiger partial charge in [0.1, 0.15) is 17.2 Å². The Labute approximate surface area is 203 Å². The zero-order chi connectivity index (χ0) is 23.7. The lowest BCUT2D eigenvalue weighted by Gasteiger charge is -2.35. The van der Waals surface area contributed by atoms with Gasteiger partial charge in [-0.2, -0.15) is 0 Å². The molecule has 4 heterocycles. The van der Waals surface area contributed by atoms with E-state index in [-0.39, 0.29) is 46.9 Å². The smallest absolute Gasteiger partial charge is 0.282 e. The van der Waals surface area contributed by atoms with Crippen LogP contribution in [0.1, 0.15) is 48.8 Å². The number of amides is 2. The number of nitrogens with one attached hydrogen (secondary N) is 1. The number of rotatable bonds is 6. The van der Waals surface area contributed by atoms with Gasteiger partial charge in [-0.05, 0) is 30.9 Å². The average molecular weight is 486 g/mol. The fourth-order valence-corrected chi connectivity index (χ4v) is 6.38. The third kappa shape index (κ3) is 4.46. The van der Waals surface area contributed by atoms with Gasteiger partial charge in [0.15, 0.2) is 0 Å². The molecule has 0 radical (unpaired) electrons. The Kier molecular flexibility index (Phi) is 6.89. The molecular weight excluding hydrogens is 454 g/mol. The number of pyridine rings is 1. The number of aromatic nitrogens is 3. The molecule has 182 valence electrons. The van der Waals surface area contributed by atoms with Crippen molar-refractivity contribution in [2.75, 3.05) is 20.3 Å². The highest BCUT2D eigenvalue weighted by molar-refractivity contribution is 7.16. The molecule has 2 aromatic rings. The Morgan fingerprint density at radius 2 is 1.97 bits per heavy atom. The molecule has 34 heavy (non-hydrogen) atoms. The van der Waals surface area contributed by atoms with Gasteiger partial charge in [0.2, 0.25) is 10.9 Å². The highest BCUT2D eigenvalue weighted by atomic mass is 32.1. The summed E-state index contributed by atoms with van der Waals surface area (Å²) in [5.41, 5.74) is 0.857. The van der Waals surface area contributed by atoms with Gasteiger partial charge < -0.3 is 19.7 Å². The van der Waals surface area contributed by atoms with Crippen LogP contribution in [0.5, 0.6) is 0 Å². The largest absolute Gasteiger partial charge is 0.377 e. The van der Waals surface area contributed by atoms with E-state index in [9.17, 15) is 9.59 Å². The summed E-state index contributed by atoms with van der Waals surface area (Å²) in [6, 6.07) is 2.95. The molecule has 1 aliphatic carbocycles. The van der Waals surface area contributed by atoms with E-state index in [0.29, 0.717) is 18.2 Å². The Morgan fingerprint density at radius 3 is 2.71 bits per heavy atom. The highest BCUT2D eigenvalue weighted by Crippen LogP contribution is 2.37. The minimum absolute atomic E-state index is 0.0253. The molecule has 2 amide bonds. The summed E-state index contributed by atoms with van der Waals surface area (Å²) in [6.45, 7) is 3.21. The van der Waals surface area contributed by atoms with Crippen molar-refractivity contribution in [3.63, 3.8) is 0 Å². The van der Waals surface area contributed by atoms with Crippen molar-refractivity contribution in [2.24, 2.45) is 11.8 Å². The van der Waals surface area contributed by atoms with E-state index in [1.165, 1.54) is 17.8 Å². The van der Waals surface area contributed by atoms with Crippen LogP contribution in [0.2, 0.25) is 0 Å². The summed E-state index contributed by atoms with van der Waals surface area (Å²) in [5.74, 6) is -0.0548. The van der Waals surface area contributed by atoms with Crippen LogP contribution in [0, 0.1) is 11.8 Å². The van der Waals surface area contributed by atoms with Crippen molar-refractivity contribution in [3.05, 3.63) is 29.5 Å². The lowest BCUT2D eigenvalue weighted by atomic mass is 9.83. The quantitative estimate of drug-likeness (QED) is 0.670. The fraction of sp³-hybridized carbons (Fsp3) is 0.625. The van der Waals surface area contributed by atoms with E-state index >= 15 is 0 Å². The SMILES string of the molecule is COC1COC2C(C)CN(C(=O)C(NC(=O)c3nnc(-c4ccncc4)s3)C3CCCCC3)C12. The number of carbonyl (C=O) groups excluding carboxylic acids is 2.